The van der Waals surface area contributed by atoms with Gasteiger partial charge in [0.1, 0.15) is 4.88 Å². The summed E-state index contributed by atoms with van der Waals surface area (Å²) in [5.74, 6) is 0.471. The predicted molar refractivity (Wildman–Crippen MR) is 106 cm³/mol. The number of carbonyl (C=O) groups excluding carboxylic acids is 1. The average Bonchev–Trinajstić information content (AvgIpc) is 3.39. The number of amides is 1. The Labute approximate surface area is 162 Å². The summed E-state index contributed by atoms with van der Waals surface area (Å²) in [6.45, 7) is 3.71. The van der Waals surface area contributed by atoms with Crippen molar-refractivity contribution in [3.63, 3.8) is 0 Å². The molecule has 6 nitrogen and oxygen atoms in total. The highest BCUT2D eigenvalue weighted by Gasteiger charge is 2.21. The maximum atomic E-state index is 12.1. The van der Waals surface area contributed by atoms with E-state index in [-0.39, 0.29) is 5.91 Å². The highest BCUT2D eigenvalue weighted by atomic mass is 32.1. The molecule has 1 N–H and O–H groups in total. The van der Waals surface area contributed by atoms with Gasteiger partial charge < -0.3 is 5.32 Å². The van der Waals surface area contributed by atoms with Crippen LogP contribution in [0.1, 0.15) is 28.1 Å². The first kappa shape index (κ1) is 17.9. The fraction of sp³-hybridized carbons (Fsp3) is 0.350. The molecule has 0 bridgehead atoms. The summed E-state index contributed by atoms with van der Waals surface area (Å²) < 4.78 is 1.92. The van der Waals surface area contributed by atoms with Gasteiger partial charge in [-0.2, -0.15) is 5.10 Å². The van der Waals surface area contributed by atoms with Crippen LogP contribution in [0.15, 0.2) is 54.4 Å². The molecule has 1 aromatic carbocycles. The Kier molecular flexibility index (Phi) is 5.60. The molecule has 4 rings (SSSR count). The topological polar surface area (TPSA) is 63.1 Å². The summed E-state index contributed by atoms with van der Waals surface area (Å²) in [6.07, 6.45) is 7.99. The van der Waals surface area contributed by atoms with Gasteiger partial charge in [-0.1, -0.05) is 18.2 Å². The fourth-order valence-electron chi connectivity index (χ4n) is 3.54. The number of benzene rings is 1. The van der Waals surface area contributed by atoms with Gasteiger partial charge in [-0.3, -0.25) is 14.7 Å². The van der Waals surface area contributed by atoms with E-state index in [1.54, 1.807) is 11.7 Å². The van der Waals surface area contributed by atoms with Gasteiger partial charge in [-0.05, 0) is 37.4 Å². The molecule has 140 valence electrons. The molecule has 27 heavy (non-hydrogen) atoms. The van der Waals surface area contributed by atoms with Crippen molar-refractivity contribution in [2.75, 3.05) is 19.6 Å². The zero-order chi connectivity index (χ0) is 18.5. The van der Waals surface area contributed by atoms with Crippen LogP contribution in [0.2, 0.25) is 0 Å². The number of nitrogens with one attached hydrogen (secondary N) is 1. The van der Waals surface area contributed by atoms with E-state index in [1.807, 2.05) is 29.1 Å². The van der Waals surface area contributed by atoms with E-state index < -0.39 is 0 Å². The van der Waals surface area contributed by atoms with Crippen LogP contribution in [0.3, 0.4) is 0 Å². The molecule has 1 saturated heterocycles. The first-order chi connectivity index (χ1) is 13.3. The lowest BCUT2D eigenvalue weighted by atomic mass is 9.97. The summed E-state index contributed by atoms with van der Waals surface area (Å²) in [5, 5.41) is 7.54. The van der Waals surface area contributed by atoms with E-state index in [9.17, 15) is 4.79 Å². The average molecular weight is 382 g/mol. The number of rotatable bonds is 6. The minimum atomic E-state index is -0.0150. The van der Waals surface area contributed by atoms with Crippen molar-refractivity contribution < 1.29 is 4.79 Å². The van der Waals surface area contributed by atoms with Gasteiger partial charge >= 0.3 is 0 Å². The highest BCUT2D eigenvalue weighted by Crippen LogP contribution is 2.19. The van der Waals surface area contributed by atoms with E-state index in [4.69, 9.17) is 0 Å². The Morgan fingerprint density at radius 1 is 1.26 bits per heavy atom. The van der Waals surface area contributed by atoms with Crippen LogP contribution in [0.4, 0.5) is 0 Å². The summed E-state index contributed by atoms with van der Waals surface area (Å²) in [7, 11) is 0. The minimum absolute atomic E-state index is 0.0150. The maximum Gasteiger partial charge on any atom is 0.263 e. The summed E-state index contributed by atoms with van der Waals surface area (Å²) in [6, 6.07) is 10.2. The molecule has 0 spiro atoms. The van der Waals surface area contributed by atoms with E-state index in [0.29, 0.717) is 10.8 Å². The maximum absolute atomic E-state index is 12.1. The van der Waals surface area contributed by atoms with Gasteiger partial charge in [0.05, 0.1) is 23.6 Å². The molecular formula is C20H23N5OS. The van der Waals surface area contributed by atoms with E-state index >= 15 is 0 Å². The number of para-hydroxylation sites is 1. The molecule has 1 aliphatic rings. The molecule has 0 saturated carbocycles. The van der Waals surface area contributed by atoms with Crippen LogP contribution < -0.4 is 5.32 Å². The molecule has 0 aliphatic carbocycles. The second-order valence-electron chi connectivity index (χ2n) is 6.95. The Bertz CT molecular complexity index is 862. The monoisotopic (exact) mass is 381 g/mol. The quantitative estimate of drug-likeness (QED) is 0.713. The van der Waals surface area contributed by atoms with Gasteiger partial charge in [-0.15, -0.1) is 11.3 Å². The van der Waals surface area contributed by atoms with Crippen LogP contribution in [-0.2, 0) is 6.54 Å². The Balaban J connectivity index is 1.30. The fourth-order valence-corrected chi connectivity index (χ4v) is 4.07. The molecular weight excluding hydrogens is 358 g/mol. The third-order valence-corrected chi connectivity index (χ3v) is 5.65. The van der Waals surface area contributed by atoms with Crippen molar-refractivity contribution in [2.45, 2.75) is 19.4 Å². The normalized spacial score (nSPS) is 17.7. The molecule has 1 amide bonds. The molecule has 1 atom stereocenters. The van der Waals surface area contributed by atoms with E-state index in [1.165, 1.54) is 16.9 Å². The SMILES string of the molecule is O=C(NCC1CCCN(Cc2cnn(-c3ccccc3)c2)C1)c1cncs1. The molecule has 3 aromatic rings. The smallest absolute Gasteiger partial charge is 0.263 e. The van der Waals surface area contributed by atoms with Crippen molar-refractivity contribution >= 4 is 17.2 Å². The lowest BCUT2D eigenvalue weighted by Gasteiger charge is -2.32. The third-order valence-electron chi connectivity index (χ3n) is 4.87. The Morgan fingerprint density at radius 3 is 2.96 bits per heavy atom. The number of nitrogens with zero attached hydrogens (tertiary/aromatic N) is 4. The number of thiazole rings is 1. The van der Waals surface area contributed by atoms with Crippen molar-refractivity contribution in [2.24, 2.45) is 5.92 Å². The summed E-state index contributed by atoms with van der Waals surface area (Å²) >= 11 is 1.38. The number of carbonyl (C=O) groups is 1. The first-order valence-electron chi connectivity index (χ1n) is 9.26. The van der Waals surface area contributed by atoms with Gasteiger partial charge in [0, 0.05) is 31.4 Å². The molecule has 1 fully saturated rings. The Hall–Kier alpha value is -2.51. The molecule has 0 radical (unpaired) electrons. The highest BCUT2D eigenvalue weighted by molar-refractivity contribution is 7.11. The largest absolute Gasteiger partial charge is 0.351 e. The standard InChI is InChI=1S/C20H23N5OS/c26-20(19-11-21-15-27-19)22-9-16-5-4-8-24(12-16)13-17-10-23-25(14-17)18-6-2-1-3-7-18/h1-3,6-7,10-11,14-16H,4-5,8-9,12-13H2,(H,22,26). The zero-order valence-electron chi connectivity index (χ0n) is 15.1. The summed E-state index contributed by atoms with van der Waals surface area (Å²) in [4.78, 5) is 19.2. The number of aromatic nitrogens is 3. The van der Waals surface area contributed by atoms with E-state index in [2.05, 4.69) is 38.6 Å². The predicted octanol–water partition coefficient (Wildman–Crippen LogP) is 2.97. The van der Waals surface area contributed by atoms with Crippen LogP contribution in [0.5, 0.6) is 0 Å². The molecule has 3 heterocycles. The van der Waals surface area contributed by atoms with Crippen molar-refractivity contribution in [3.05, 3.63) is 64.9 Å². The van der Waals surface area contributed by atoms with Gasteiger partial charge in [-0.25, -0.2) is 4.68 Å². The van der Waals surface area contributed by atoms with Crippen LogP contribution in [0, 0.1) is 5.92 Å². The zero-order valence-corrected chi connectivity index (χ0v) is 15.9. The van der Waals surface area contributed by atoms with Crippen molar-refractivity contribution in [1.29, 1.82) is 0 Å². The van der Waals surface area contributed by atoms with E-state index in [0.717, 1.165) is 44.7 Å². The third kappa shape index (κ3) is 4.61. The lowest BCUT2D eigenvalue weighted by Crippen LogP contribution is -2.40. The second-order valence-corrected chi connectivity index (χ2v) is 7.83. The van der Waals surface area contributed by atoms with Crippen LogP contribution in [0.25, 0.3) is 5.69 Å². The molecule has 1 aliphatic heterocycles. The van der Waals surface area contributed by atoms with Crippen molar-refractivity contribution in [3.8, 4) is 5.69 Å². The second kappa shape index (κ2) is 8.45. The number of likely N-dealkylation sites (tertiary alicyclic amines) is 1. The van der Waals surface area contributed by atoms with Crippen LogP contribution in [-0.4, -0.2) is 45.2 Å². The Morgan fingerprint density at radius 2 is 2.15 bits per heavy atom. The number of hydrogen-bond donors (Lipinski definition) is 1. The van der Waals surface area contributed by atoms with Gasteiger partial charge in [0.15, 0.2) is 0 Å². The van der Waals surface area contributed by atoms with Crippen LogP contribution >= 0.6 is 11.3 Å². The molecule has 1 unspecified atom stereocenters. The van der Waals surface area contributed by atoms with Gasteiger partial charge in [0.25, 0.3) is 5.91 Å². The molecule has 2 aromatic heterocycles. The number of piperidine rings is 1. The van der Waals surface area contributed by atoms with Gasteiger partial charge in [0.2, 0.25) is 0 Å². The molecule has 7 heteroatoms. The lowest BCUT2D eigenvalue weighted by molar-refractivity contribution is 0.0934. The summed E-state index contributed by atoms with van der Waals surface area (Å²) in [5.41, 5.74) is 3.98. The van der Waals surface area contributed by atoms with Crippen molar-refractivity contribution in [1.82, 2.24) is 25.0 Å². The first-order valence-corrected chi connectivity index (χ1v) is 10.1. The minimum Gasteiger partial charge on any atom is -0.351 e. The number of hydrogen-bond acceptors (Lipinski definition) is 5.